The molecule has 0 bridgehead atoms. The number of ether oxygens (including phenoxy) is 3. The number of benzene rings is 2. The normalized spacial score (nSPS) is 10.7. The molecule has 2 aromatic carbocycles. The molecule has 0 atom stereocenters. The lowest BCUT2D eigenvalue weighted by atomic mass is 10.2. The highest BCUT2D eigenvalue weighted by Crippen LogP contribution is 2.32. The van der Waals surface area contributed by atoms with Crippen LogP contribution in [0.2, 0.25) is 0 Å². The van der Waals surface area contributed by atoms with Gasteiger partial charge in [-0.3, -0.25) is 0 Å². The van der Waals surface area contributed by atoms with E-state index in [4.69, 9.17) is 14.2 Å². The molecule has 4 heteroatoms. The Morgan fingerprint density at radius 2 is 1.39 bits per heavy atom. The maximum Gasteiger partial charge on any atom is 0.142 e. The van der Waals surface area contributed by atoms with E-state index in [0.29, 0.717) is 0 Å². The molecule has 0 heterocycles. The van der Waals surface area contributed by atoms with Crippen molar-refractivity contribution in [1.82, 2.24) is 0 Å². The van der Waals surface area contributed by atoms with E-state index in [1.54, 1.807) is 7.11 Å². The zero-order chi connectivity index (χ0) is 16.8. The van der Waals surface area contributed by atoms with Crippen molar-refractivity contribution in [2.45, 2.75) is 39.9 Å². The van der Waals surface area contributed by atoms with Crippen molar-refractivity contribution >= 4 is 11.4 Å². The molecular formula is C19H25NO3. The van der Waals surface area contributed by atoms with Gasteiger partial charge in [0.2, 0.25) is 0 Å². The van der Waals surface area contributed by atoms with Gasteiger partial charge < -0.3 is 19.5 Å². The molecule has 124 valence electrons. The van der Waals surface area contributed by atoms with Gasteiger partial charge >= 0.3 is 0 Å². The fourth-order valence-corrected chi connectivity index (χ4v) is 2.23. The van der Waals surface area contributed by atoms with Crippen LogP contribution in [0.3, 0.4) is 0 Å². The summed E-state index contributed by atoms with van der Waals surface area (Å²) < 4.78 is 17.0. The second-order valence-corrected chi connectivity index (χ2v) is 5.85. The number of hydrogen-bond acceptors (Lipinski definition) is 4. The summed E-state index contributed by atoms with van der Waals surface area (Å²) in [5.74, 6) is 2.33. The smallest absolute Gasteiger partial charge is 0.142 e. The molecular weight excluding hydrogens is 290 g/mol. The topological polar surface area (TPSA) is 39.7 Å². The number of para-hydroxylation sites is 2. The van der Waals surface area contributed by atoms with Gasteiger partial charge in [-0.15, -0.1) is 0 Å². The number of methoxy groups -OCH3 is 1. The van der Waals surface area contributed by atoms with Gasteiger partial charge in [0.15, 0.2) is 0 Å². The zero-order valence-corrected chi connectivity index (χ0v) is 14.4. The summed E-state index contributed by atoms with van der Waals surface area (Å²) in [6, 6.07) is 13.6. The molecule has 2 rings (SSSR count). The third-order valence-corrected chi connectivity index (χ3v) is 3.01. The monoisotopic (exact) mass is 315 g/mol. The van der Waals surface area contributed by atoms with Crippen LogP contribution in [-0.2, 0) is 0 Å². The van der Waals surface area contributed by atoms with Crippen LogP contribution in [0.5, 0.6) is 17.2 Å². The van der Waals surface area contributed by atoms with Crippen LogP contribution in [0.1, 0.15) is 27.7 Å². The minimum absolute atomic E-state index is 0.100. The summed E-state index contributed by atoms with van der Waals surface area (Å²) in [5, 5.41) is 3.37. The van der Waals surface area contributed by atoms with Gasteiger partial charge in [0.25, 0.3) is 0 Å². The van der Waals surface area contributed by atoms with E-state index in [9.17, 15) is 0 Å². The molecule has 1 N–H and O–H groups in total. The number of hydrogen-bond donors (Lipinski definition) is 1. The van der Waals surface area contributed by atoms with E-state index in [-0.39, 0.29) is 12.2 Å². The Kier molecular flexibility index (Phi) is 5.74. The molecule has 23 heavy (non-hydrogen) atoms. The van der Waals surface area contributed by atoms with Crippen LogP contribution in [0.15, 0.2) is 42.5 Å². The fraction of sp³-hybridized carbons (Fsp3) is 0.368. The first-order valence-corrected chi connectivity index (χ1v) is 7.86. The van der Waals surface area contributed by atoms with Crippen molar-refractivity contribution in [1.29, 1.82) is 0 Å². The minimum Gasteiger partial charge on any atom is -0.495 e. The number of rotatable bonds is 7. The maximum absolute atomic E-state index is 5.82. The van der Waals surface area contributed by atoms with Crippen molar-refractivity contribution in [2.24, 2.45) is 0 Å². The summed E-state index contributed by atoms with van der Waals surface area (Å²) in [7, 11) is 1.66. The van der Waals surface area contributed by atoms with Gasteiger partial charge in [-0.05, 0) is 39.8 Å². The molecule has 0 unspecified atom stereocenters. The van der Waals surface area contributed by atoms with E-state index < -0.39 is 0 Å². The third kappa shape index (κ3) is 5.09. The highest BCUT2D eigenvalue weighted by Gasteiger charge is 2.08. The van der Waals surface area contributed by atoms with Crippen LogP contribution in [0.4, 0.5) is 11.4 Å². The van der Waals surface area contributed by atoms with Crippen molar-refractivity contribution in [3.05, 3.63) is 42.5 Å². The van der Waals surface area contributed by atoms with E-state index in [2.05, 4.69) is 5.32 Å². The molecule has 2 aromatic rings. The first kappa shape index (κ1) is 17.0. The maximum atomic E-state index is 5.82. The van der Waals surface area contributed by atoms with Crippen molar-refractivity contribution in [3.63, 3.8) is 0 Å². The Labute approximate surface area is 138 Å². The molecule has 0 amide bonds. The molecule has 4 nitrogen and oxygen atoms in total. The molecule has 0 fully saturated rings. The first-order chi connectivity index (χ1) is 11.0. The minimum atomic E-state index is 0.100. The molecule has 0 saturated carbocycles. The molecule has 0 saturated heterocycles. The van der Waals surface area contributed by atoms with Gasteiger partial charge in [0.05, 0.1) is 25.0 Å². The van der Waals surface area contributed by atoms with E-state index >= 15 is 0 Å². The molecule has 0 radical (unpaired) electrons. The lowest BCUT2D eigenvalue weighted by molar-refractivity contribution is 0.229. The highest BCUT2D eigenvalue weighted by molar-refractivity contribution is 5.68. The average Bonchev–Trinajstić information content (AvgIpc) is 2.46. The Hall–Kier alpha value is -2.36. The Balaban J connectivity index is 2.32. The molecule has 0 spiro atoms. The van der Waals surface area contributed by atoms with E-state index in [1.165, 1.54) is 0 Å². The summed E-state index contributed by atoms with van der Waals surface area (Å²) in [6.45, 7) is 8.01. The summed E-state index contributed by atoms with van der Waals surface area (Å²) in [4.78, 5) is 0. The van der Waals surface area contributed by atoms with Crippen LogP contribution < -0.4 is 19.5 Å². The molecule has 0 aliphatic carbocycles. The summed E-state index contributed by atoms with van der Waals surface area (Å²) in [6.07, 6.45) is 0.201. The molecule has 0 aromatic heterocycles. The standard InChI is InChI=1S/C19H25NO3/c1-13(2)22-16-10-15(11-17(12-16)23-14(3)4)20-18-8-6-7-9-19(18)21-5/h6-14,20H,1-5H3. The van der Waals surface area contributed by atoms with E-state index in [0.717, 1.165) is 28.6 Å². The Bertz CT molecular complexity index is 610. The number of nitrogens with one attached hydrogen (secondary N) is 1. The largest absolute Gasteiger partial charge is 0.495 e. The van der Waals surface area contributed by atoms with Gasteiger partial charge in [-0.25, -0.2) is 0 Å². The quantitative estimate of drug-likeness (QED) is 0.779. The molecule has 0 aliphatic heterocycles. The SMILES string of the molecule is COc1ccccc1Nc1cc(OC(C)C)cc(OC(C)C)c1. The van der Waals surface area contributed by atoms with Gasteiger partial charge in [-0.2, -0.15) is 0 Å². The van der Waals surface area contributed by atoms with Crippen molar-refractivity contribution in [2.75, 3.05) is 12.4 Å². The lowest BCUT2D eigenvalue weighted by Crippen LogP contribution is -2.08. The predicted octanol–water partition coefficient (Wildman–Crippen LogP) is 5.01. The second-order valence-electron chi connectivity index (χ2n) is 5.85. The van der Waals surface area contributed by atoms with Gasteiger partial charge in [0, 0.05) is 23.9 Å². The van der Waals surface area contributed by atoms with Crippen LogP contribution in [0.25, 0.3) is 0 Å². The van der Waals surface area contributed by atoms with Crippen LogP contribution in [-0.4, -0.2) is 19.3 Å². The lowest BCUT2D eigenvalue weighted by Gasteiger charge is -2.17. The van der Waals surface area contributed by atoms with Crippen LogP contribution in [0, 0.1) is 0 Å². The number of anilines is 2. The molecule has 0 aliphatic rings. The average molecular weight is 315 g/mol. The summed E-state index contributed by atoms with van der Waals surface area (Å²) in [5.41, 5.74) is 1.79. The fourth-order valence-electron chi connectivity index (χ4n) is 2.23. The van der Waals surface area contributed by atoms with Crippen molar-refractivity contribution in [3.8, 4) is 17.2 Å². The Morgan fingerprint density at radius 1 is 0.826 bits per heavy atom. The first-order valence-electron chi connectivity index (χ1n) is 7.86. The second kappa shape index (κ2) is 7.77. The van der Waals surface area contributed by atoms with Crippen LogP contribution >= 0.6 is 0 Å². The van der Waals surface area contributed by atoms with Gasteiger partial charge in [0.1, 0.15) is 17.2 Å². The summed E-state index contributed by atoms with van der Waals surface area (Å²) >= 11 is 0. The predicted molar refractivity (Wildman–Crippen MR) is 94.2 cm³/mol. The van der Waals surface area contributed by atoms with Gasteiger partial charge in [-0.1, -0.05) is 12.1 Å². The third-order valence-electron chi connectivity index (χ3n) is 3.01. The van der Waals surface area contributed by atoms with E-state index in [1.807, 2.05) is 70.2 Å². The van der Waals surface area contributed by atoms with Crippen molar-refractivity contribution < 1.29 is 14.2 Å². The Morgan fingerprint density at radius 3 is 1.91 bits per heavy atom. The zero-order valence-electron chi connectivity index (χ0n) is 14.4. The highest BCUT2D eigenvalue weighted by atomic mass is 16.5.